The topological polar surface area (TPSA) is 380 Å². The third-order valence-corrected chi connectivity index (χ3v) is 23.3. The summed E-state index contributed by atoms with van der Waals surface area (Å²) in [5.74, 6) is -2.97. The van der Waals surface area contributed by atoms with Gasteiger partial charge in [-0.25, -0.2) is 4.57 Å². The number of esters is 4. The summed E-state index contributed by atoms with van der Waals surface area (Å²) in [6, 6.07) is 0. The average molecular weight is 1640 g/mol. The van der Waals surface area contributed by atoms with Gasteiger partial charge in [-0.3, -0.25) is 28.2 Å². The summed E-state index contributed by atoms with van der Waals surface area (Å²) in [6.45, 7) is 5.56. The fraction of sp³-hybridized carbons (Fsp3) is 0.931. The number of aliphatic hydroxyl groups is 9. The summed E-state index contributed by atoms with van der Waals surface area (Å²) in [6.07, 6.45) is 23.8. The number of phosphoric acid groups is 1. The highest BCUT2D eigenvalue weighted by molar-refractivity contribution is 7.47. The van der Waals surface area contributed by atoms with E-state index in [-0.39, 0.29) is 25.7 Å². The first kappa shape index (κ1) is 104. The molecule has 18 atom stereocenters. The number of ether oxygens (including phenoxy) is 8. The Morgan fingerprint density at radius 3 is 1.06 bits per heavy atom. The van der Waals surface area contributed by atoms with Crippen LogP contribution in [0.1, 0.15) is 387 Å². The molecule has 664 valence electrons. The summed E-state index contributed by atoms with van der Waals surface area (Å²) < 4.78 is 73.3. The Morgan fingerprint density at radius 1 is 0.345 bits per heavy atom. The quantitative estimate of drug-likeness (QED) is 0.00889. The van der Waals surface area contributed by atoms with Crippen LogP contribution in [0, 0.1) is 0 Å². The van der Waals surface area contributed by atoms with Crippen molar-refractivity contribution in [2.24, 2.45) is 0 Å². The van der Waals surface area contributed by atoms with Gasteiger partial charge < -0.3 is 88.7 Å². The van der Waals surface area contributed by atoms with E-state index in [1.807, 2.05) is 0 Å². The van der Waals surface area contributed by atoms with Gasteiger partial charge in [0.15, 0.2) is 24.8 Å². The van der Waals surface area contributed by atoms with E-state index >= 15 is 0 Å². The fourth-order valence-electron chi connectivity index (χ4n) is 15.0. The van der Waals surface area contributed by atoms with Gasteiger partial charge in [0.05, 0.1) is 13.2 Å². The molecule has 0 amide bonds. The number of carbonyl (C=O) groups excluding carboxylic acids is 4. The second-order valence-electron chi connectivity index (χ2n) is 32.5. The van der Waals surface area contributed by atoms with E-state index in [1.165, 1.54) is 173 Å². The van der Waals surface area contributed by atoms with Crippen molar-refractivity contribution in [1.82, 2.24) is 0 Å². The highest BCUT2D eigenvalue weighted by Gasteiger charge is 2.60. The van der Waals surface area contributed by atoms with E-state index in [2.05, 4.69) is 39.8 Å². The SMILES string of the molecule is CCCCCCCC/C=C\CCCCCC(=O)OC(COC(=O)CCCCCCCCCCCCCCCCC)COP(=O)(O)OC1C(OC2OC(CO)C(O)C(O)C2O)C(O)C(O)C(OC(=O)CCCCCCCCCCCCCCC)C1OC1OC(COC(=O)CCCCCCCCCCCCCCC)C(O)C(O)C1O. The van der Waals surface area contributed by atoms with Crippen LogP contribution in [0.3, 0.4) is 0 Å². The molecule has 1 aliphatic carbocycles. The van der Waals surface area contributed by atoms with Gasteiger partial charge in [0, 0.05) is 25.7 Å². The summed E-state index contributed by atoms with van der Waals surface area (Å²) in [4.78, 5) is 66.3. The highest BCUT2D eigenvalue weighted by atomic mass is 31.2. The minimum atomic E-state index is -5.80. The van der Waals surface area contributed by atoms with Crippen molar-refractivity contribution in [1.29, 1.82) is 0 Å². The lowest BCUT2D eigenvalue weighted by Gasteiger charge is -2.50. The van der Waals surface area contributed by atoms with Crippen molar-refractivity contribution >= 4 is 31.7 Å². The zero-order valence-corrected chi connectivity index (χ0v) is 71.3. The largest absolute Gasteiger partial charge is 0.472 e. The van der Waals surface area contributed by atoms with Gasteiger partial charge in [0.2, 0.25) is 0 Å². The van der Waals surface area contributed by atoms with Gasteiger partial charge >= 0.3 is 31.7 Å². The molecule has 25 nitrogen and oxygen atoms in total. The molecule has 0 aromatic rings. The van der Waals surface area contributed by atoms with Gasteiger partial charge in [0.1, 0.15) is 92.6 Å². The summed E-state index contributed by atoms with van der Waals surface area (Å²) in [5, 5.41) is 102. The molecule has 18 unspecified atom stereocenters. The van der Waals surface area contributed by atoms with Gasteiger partial charge in [-0.15, -0.1) is 0 Å². The molecular weight excluding hydrogens is 1480 g/mol. The number of unbranched alkanes of at least 4 members (excludes halogenated alkanes) is 47. The van der Waals surface area contributed by atoms with E-state index in [0.29, 0.717) is 38.5 Å². The van der Waals surface area contributed by atoms with Crippen LogP contribution >= 0.6 is 7.82 Å². The number of hydrogen-bond acceptors (Lipinski definition) is 24. The second-order valence-corrected chi connectivity index (χ2v) is 33.9. The maximum atomic E-state index is 14.9. The van der Waals surface area contributed by atoms with Crippen LogP contribution in [0.15, 0.2) is 12.2 Å². The van der Waals surface area contributed by atoms with E-state index < -0.39 is 162 Å². The Hall–Kier alpha value is -2.79. The molecule has 113 heavy (non-hydrogen) atoms. The Morgan fingerprint density at radius 2 is 0.664 bits per heavy atom. The molecule has 2 saturated heterocycles. The lowest BCUT2D eigenvalue weighted by atomic mass is 9.84. The van der Waals surface area contributed by atoms with Crippen LogP contribution in [0.4, 0.5) is 0 Å². The first-order chi connectivity index (χ1) is 54.7. The zero-order chi connectivity index (χ0) is 82.5. The Bertz CT molecular complexity index is 2410. The van der Waals surface area contributed by atoms with Gasteiger partial charge in [-0.1, -0.05) is 322 Å². The van der Waals surface area contributed by atoms with Crippen LogP contribution in [0.5, 0.6) is 0 Å². The van der Waals surface area contributed by atoms with Gasteiger partial charge in [-0.05, 0) is 51.4 Å². The van der Waals surface area contributed by atoms with Crippen molar-refractivity contribution < 1.29 is 122 Å². The molecule has 0 aromatic heterocycles. The lowest BCUT2D eigenvalue weighted by molar-refractivity contribution is -0.360. The van der Waals surface area contributed by atoms with Crippen LogP contribution in [-0.2, 0) is 70.7 Å². The highest BCUT2D eigenvalue weighted by Crippen LogP contribution is 2.49. The number of rotatable bonds is 73. The predicted octanol–water partition coefficient (Wildman–Crippen LogP) is 16.0. The molecular formula is C87H161O25P. The van der Waals surface area contributed by atoms with Gasteiger partial charge in [-0.2, -0.15) is 0 Å². The standard InChI is InChI=1S/C87H161O25P/c1-5-9-13-17-21-25-29-33-34-38-40-43-47-51-55-59-70(89)103-64-67(106-72(91)61-57-53-49-45-41-36-31-27-23-19-15-11-7-3)65-105-113(101,102)112-85-83(110-86-80(99)76(95)74(93)68(63-88)107-86)79(98)78(97)82(109-73(92)62-58-54-50-46-42-37-32-28-24-20-16-12-8-4)84(85)111-87-81(100)77(96)75(94)69(108-87)66-104-71(90)60-56-52-48-44-39-35-30-26-22-18-14-10-6-2/h36,41,67-69,74-88,93-100H,5-35,37-40,42-66H2,1-4H3,(H,101,102)/b41-36-. The number of phosphoric ester groups is 1. The van der Waals surface area contributed by atoms with Crippen molar-refractivity contribution in [2.45, 2.75) is 491 Å². The molecule has 0 aromatic carbocycles. The molecule has 10 N–H and O–H groups in total. The number of aliphatic hydroxyl groups excluding tert-OH is 9. The van der Waals surface area contributed by atoms with E-state index in [4.69, 9.17) is 46.9 Å². The van der Waals surface area contributed by atoms with Crippen molar-refractivity contribution in [2.75, 3.05) is 26.4 Å². The Labute approximate surface area is 680 Å². The van der Waals surface area contributed by atoms with Crippen LogP contribution in [0.2, 0.25) is 0 Å². The number of allylic oxidation sites excluding steroid dienone is 2. The molecule has 2 heterocycles. The van der Waals surface area contributed by atoms with E-state index in [0.717, 1.165) is 122 Å². The monoisotopic (exact) mass is 1640 g/mol. The Balaban J connectivity index is 1.93. The molecule has 26 heteroatoms. The van der Waals surface area contributed by atoms with Crippen LogP contribution < -0.4 is 0 Å². The summed E-state index contributed by atoms with van der Waals surface area (Å²) in [5.41, 5.74) is 0. The maximum absolute atomic E-state index is 14.9. The van der Waals surface area contributed by atoms with Gasteiger partial charge in [0.25, 0.3) is 0 Å². The minimum Gasteiger partial charge on any atom is -0.463 e. The fourth-order valence-corrected chi connectivity index (χ4v) is 16.0. The molecule has 0 radical (unpaired) electrons. The average Bonchev–Trinajstić information content (AvgIpc) is 0.754. The van der Waals surface area contributed by atoms with E-state index in [9.17, 15) is 74.6 Å². The smallest absolute Gasteiger partial charge is 0.463 e. The predicted molar refractivity (Wildman–Crippen MR) is 435 cm³/mol. The lowest BCUT2D eigenvalue weighted by Crippen LogP contribution is -2.70. The normalized spacial score (nSPS) is 25.5. The number of hydrogen-bond donors (Lipinski definition) is 10. The van der Waals surface area contributed by atoms with Crippen molar-refractivity contribution in [3.05, 3.63) is 12.2 Å². The van der Waals surface area contributed by atoms with Crippen LogP contribution in [0.25, 0.3) is 0 Å². The Kier molecular flexibility index (Phi) is 61.8. The molecule has 3 aliphatic rings. The zero-order valence-electron chi connectivity index (χ0n) is 70.4. The number of carbonyl (C=O) groups is 4. The molecule has 1 saturated carbocycles. The third-order valence-electron chi connectivity index (χ3n) is 22.3. The summed E-state index contributed by atoms with van der Waals surface area (Å²) >= 11 is 0. The molecule has 3 rings (SSSR count). The summed E-state index contributed by atoms with van der Waals surface area (Å²) in [7, 11) is -5.80. The maximum Gasteiger partial charge on any atom is 0.472 e. The molecule has 0 bridgehead atoms. The molecule has 2 aliphatic heterocycles. The first-order valence-corrected chi connectivity index (χ1v) is 46.9. The molecule has 3 fully saturated rings. The van der Waals surface area contributed by atoms with Crippen LogP contribution in [-0.4, -0.2) is 205 Å². The minimum absolute atomic E-state index is 0.0179. The van der Waals surface area contributed by atoms with E-state index in [1.54, 1.807) is 0 Å². The van der Waals surface area contributed by atoms with Crippen molar-refractivity contribution in [3.63, 3.8) is 0 Å². The third kappa shape index (κ3) is 47.7. The van der Waals surface area contributed by atoms with Crippen molar-refractivity contribution in [3.8, 4) is 0 Å². The first-order valence-electron chi connectivity index (χ1n) is 45.4. The molecule has 0 spiro atoms. The second kappa shape index (κ2) is 66.9.